The van der Waals surface area contributed by atoms with E-state index in [0.29, 0.717) is 0 Å². The number of hydrogen-bond acceptors (Lipinski definition) is 16. The molecule has 4 aromatic heterocycles. The number of piperazine rings is 4. The standard InChI is InChI=1S/4C23H29N3O2.2S/c4*1-17-19(20-15-22(27-2)23(28-3)16-21(20)24-17)9-10-25-11-13-26(14-12-25)18-7-5-4-6-8-18;;/h4*4-8,15-16,24H,9-14H2,1-3H3;;/q;;;;2*-2. The summed E-state index contributed by atoms with van der Waals surface area (Å²) in [6, 6.07) is 59.4. The highest BCUT2D eigenvalue weighted by Crippen LogP contribution is 2.40. The van der Waals surface area contributed by atoms with Gasteiger partial charge in [-0.05, 0) is 148 Å². The molecule has 4 aliphatic heterocycles. The highest BCUT2D eigenvalue weighted by atomic mass is 32.1. The molecule has 0 unspecified atom stereocenters. The molecule has 0 spiro atoms. The normalized spacial score (nSPS) is 14.9. The third kappa shape index (κ3) is 20.4. The molecule has 4 fully saturated rings. The average Bonchev–Trinajstić information content (AvgIpc) is 1.69. The van der Waals surface area contributed by atoms with Gasteiger partial charge < -0.3 is 104 Å². The van der Waals surface area contributed by atoms with Crippen molar-refractivity contribution in [3.8, 4) is 46.0 Å². The number of aryl methyl sites for hydroxylation is 4. The van der Waals surface area contributed by atoms with E-state index in [1.54, 1.807) is 56.9 Å². The van der Waals surface area contributed by atoms with Gasteiger partial charge in [0.1, 0.15) is 0 Å². The molecule has 608 valence electrons. The summed E-state index contributed by atoms with van der Waals surface area (Å²) in [5.41, 5.74) is 20.2. The maximum atomic E-state index is 5.50. The van der Waals surface area contributed by atoms with Crippen molar-refractivity contribution >= 4 is 93.4 Å². The molecule has 114 heavy (non-hydrogen) atoms. The number of benzene rings is 8. The number of fused-ring (bicyclic) bond motifs is 4. The molecule has 8 aromatic carbocycles. The number of nitrogens with one attached hydrogen (secondary N) is 4. The number of nitrogens with zero attached hydrogens (tertiary/aromatic N) is 8. The third-order valence-electron chi connectivity index (χ3n) is 23.2. The maximum Gasteiger partial charge on any atom is 0.162 e. The van der Waals surface area contributed by atoms with Crippen molar-refractivity contribution in [3.05, 3.63) is 215 Å². The van der Waals surface area contributed by atoms with Gasteiger partial charge in [-0.15, -0.1) is 0 Å². The highest BCUT2D eigenvalue weighted by molar-refractivity contribution is 7.37. The van der Waals surface area contributed by atoms with Crippen LogP contribution in [0.15, 0.2) is 170 Å². The Balaban J connectivity index is 0.000000149. The van der Waals surface area contributed by atoms with Gasteiger partial charge in [0.05, 0.1) is 56.9 Å². The summed E-state index contributed by atoms with van der Waals surface area (Å²) in [5, 5.41) is 4.94. The molecule has 4 saturated heterocycles. The molecular weight excluding hydrogens is 1470 g/mol. The van der Waals surface area contributed by atoms with E-state index in [1.807, 2.05) is 24.3 Å². The predicted molar refractivity (Wildman–Crippen MR) is 474 cm³/mol. The molecule has 12 aromatic rings. The number of hydrogen-bond donors (Lipinski definition) is 4. The molecule has 20 nitrogen and oxygen atoms in total. The topological polar surface area (TPSA) is 163 Å². The van der Waals surface area contributed by atoms with Crippen LogP contribution in [0.3, 0.4) is 0 Å². The maximum absolute atomic E-state index is 5.50. The number of ether oxygens (including phenoxy) is 8. The minimum Gasteiger partial charge on any atom is -2.00 e. The first kappa shape index (κ1) is 85.0. The summed E-state index contributed by atoms with van der Waals surface area (Å²) < 4.78 is 43.8. The van der Waals surface area contributed by atoms with E-state index in [2.05, 4.69) is 232 Å². The Morgan fingerprint density at radius 1 is 0.237 bits per heavy atom. The number of para-hydroxylation sites is 4. The first-order valence-corrected chi connectivity index (χ1v) is 39.8. The van der Waals surface area contributed by atoms with Crippen molar-refractivity contribution in [1.29, 1.82) is 0 Å². The highest BCUT2D eigenvalue weighted by Gasteiger charge is 2.25. The Bertz CT molecular complexity index is 4350. The minimum atomic E-state index is 0. The van der Waals surface area contributed by atoms with Gasteiger partial charge in [0.25, 0.3) is 0 Å². The summed E-state index contributed by atoms with van der Waals surface area (Å²) in [6.07, 6.45) is 4.14. The molecule has 0 radical (unpaired) electrons. The second-order valence-corrected chi connectivity index (χ2v) is 29.6. The quantitative estimate of drug-likeness (QED) is 0.0451. The number of rotatable bonds is 24. The zero-order valence-corrected chi connectivity index (χ0v) is 70.4. The lowest BCUT2D eigenvalue weighted by Gasteiger charge is -2.36. The molecule has 4 aliphatic rings. The van der Waals surface area contributed by atoms with Crippen LogP contribution >= 0.6 is 0 Å². The zero-order chi connectivity index (χ0) is 78.0. The summed E-state index contributed by atoms with van der Waals surface area (Å²) >= 11 is 0. The first-order valence-electron chi connectivity index (χ1n) is 39.8. The lowest BCUT2D eigenvalue weighted by atomic mass is 10.1. The first-order chi connectivity index (χ1) is 54.8. The van der Waals surface area contributed by atoms with Gasteiger partial charge in [0.2, 0.25) is 0 Å². The van der Waals surface area contributed by atoms with Crippen molar-refractivity contribution in [1.82, 2.24) is 39.5 Å². The van der Waals surface area contributed by atoms with Gasteiger partial charge in [-0.3, -0.25) is 19.6 Å². The van der Waals surface area contributed by atoms with Gasteiger partial charge in [-0.1, -0.05) is 72.8 Å². The Morgan fingerprint density at radius 2 is 0.404 bits per heavy atom. The van der Waals surface area contributed by atoms with E-state index in [0.717, 1.165) is 225 Å². The fourth-order valence-electron chi connectivity index (χ4n) is 16.7. The second kappa shape index (κ2) is 40.9. The summed E-state index contributed by atoms with van der Waals surface area (Å²) in [5.74, 6) is 6.19. The number of aromatic nitrogens is 4. The van der Waals surface area contributed by atoms with E-state index >= 15 is 0 Å². The zero-order valence-electron chi connectivity index (χ0n) is 68.8. The lowest BCUT2D eigenvalue weighted by molar-refractivity contribution is 0.261. The molecule has 0 bridgehead atoms. The van der Waals surface area contributed by atoms with Crippen LogP contribution in [0.25, 0.3) is 43.6 Å². The van der Waals surface area contributed by atoms with Crippen LogP contribution in [-0.2, 0) is 52.7 Å². The van der Waals surface area contributed by atoms with E-state index in [9.17, 15) is 0 Å². The van der Waals surface area contributed by atoms with Gasteiger partial charge in [0, 0.05) is 244 Å². The van der Waals surface area contributed by atoms with E-state index in [-0.39, 0.29) is 27.0 Å². The van der Waals surface area contributed by atoms with Crippen molar-refractivity contribution in [2.24, 2.45) is 0 Å². The largest absolute Gasteiger partial charge is 2.00 e. The Kier molecular flexibility index (Phi) is 30.5. The van der Waals surface area contributed by atoms with Crippen LogP contribution in [-0.4, -0.2) is 227 Å². The summed E-state index contributed by atoms with van der Waals surface area (Å²) in [6.45, 7) is 30.4. The second-order valence-electron chi connectivity index (χ2n) is 29.6. The van der Waals surface area contributed by atoms with Gasteiger partial charge in [0.15, 0.2) is 46.0 Å². The number of methoxy groups -OCH3 is 8. The van der Waals surface area contributed by atoms with Crippen molar-refractivity contribution in [2.45, 2.75) is 53.4 Å². The van der Waals surface area contributed by atoms with Crippen LogP contribution < -0.4 is 57.5 Å². The predicted octanol–water partition coefficient (Wildman–Crippen LogP) is 15.4. The molecule has 8 heterocycles. The van der Waals surface area contributed by atoms with Crippen LogP contribution in [0.5, 0.6) is 46.0 Å². The van der Waals surface area contributed by atoms with Gasteiger partial charge >= 0.3 is 0 Å². The van der Waals surface area contributed by atoms with E-state index in [4.69, 9.17) is 37.9 Å². The third-order valence-corrected chi connectivity index (χ3v) is 23.2. The minimum absolute atomic E-state index is 0. The number of anilines is 4. The van der Waals surface area contributed by atoms with Crippen molar-refractivity contribution < 1.29 is 37.9 Å². The Labute approximate surface area is 688 Å². The van der Waals surface area contributed by atoms with E-state index in [1.165, 1.54) is 89.3 Å². The van der Waals surface area contributed by atoms with Crippen LogP contribution in [0.2, 0.25) is 0 Å². The Hall–Kier alpha value is -9.94. The molecule has 0 saturated carbocycles. The van der Waals surface area contributed by atoms with Crippen LogP contribution in [0.4, 0.5) is 22.7 Å². The molecular formula is C92H116N12O8S2-4. The molecule has 22 heteroatoms. The lowest BCUT2D eigenvalue weighted by Crippen LogP contribution is -2.47. The van der Waals surface area contributed by atoms with Crippen molar-refractivity contribution in [3.63, 3.8) is 0 Å². The molecule has 0 atom stereocenters. The van der Waals surface area contributed by atoms with E-state index < -0.39 is 0 Å². The Morgan fingerprint density at radius 3 is 0.570 bits per heavy atom. The average molecular weight is 1580 g/mol. The van der Waals surface area contributed by atoms with Crippen LogP contribution in [0, 0.1) is 27.7 Å². The molecule has 16 rings (SSSR count). The molecule has 0 aliphatic carbocycles. The molecule has 0 amide bonds. The smallest absolute Gasteiger partial charge is 0.162 e. The summed E-state index contributed by atoms with van der Waals surface area (Å²) in [4.78, 5) is 34.2. The SMILES string of the molecule is COc1cc2[nH]c(C)c(CCN3CCN(c4ccccc4)CC3)c2cc1OC.COc1cc2[nH]c(C)c(CCN3CCN(c4ccccc4)CC3)c2cc1OC.COc1cc2[nH]c(C)c(CCN3CCN(c4ccccc4)CC3)c2cc1OC.COc1cc2[nH]c(C)c(CCN3CCN(c4ccccc4)CC3)c2cc1OC.[S-2].[S-2]. The van der Waals surface area contributed by atoms with Crippen molar-refractivity contribution in [2.75, 3.05) is 207 Å². The fraction of sp³-hybridized carbons (Fsp3) is 0.391. The van der Waals surface area contributed by atoms with Gasteiger partial charge in [-0.2, -0.15) is 0 Å². The van der Waals surface area contributed by atoms with Crippen LogP contribution in [0.1, 0.15) is 45.0 Å². The molecule has 4 N–H and O–H groups in total. The van der Waals surface area contributed by atoms with Gasteiger partial charge in [-0.25, -0.2) is 0 Å². The summed E-state index contributed by atoms with van der Waals surface area (Å²) in [7, 11) is 13.5. The monoisotopic (exact) mass is 1580 g/mol. The fourth-order valence-corrected chi connectivity index (χ4v) is 16.7. The number of aromatic amines is 4. The number of H-pyrrole nitrogens is 4.